The molecule has 0 saturated carbocycles. The van der Waals surface area contributed by atoms with Crippen molar-refractivity contribution in [1.29, 1.82) is 0 Å². The van der Waals surface area contributed by atoms with Crippen LogP contribution in [0.15, 0.2) is 92.7 Å². The van der Waals surface area contributed by atoms with Gasteiger partial charge in [-0.15, -0.1) is 0 Å². The van der Waals surface area contributed by atoms with E-state index in [2.05, 4.69) is 57.4 Å². The topological polar surface area (TPSA) is 152 Å². The maximum atomic E-state index is 11.2. The molecule has 12 heteroatoms. The number of H-pyrrole nitrogens is 2. The fraction of sp³-hybridized carbons (Fsp3) is 0.0345. The number of fused-ring (bicyclic) bond motifs is 1. The summed E-state index contributed by atoms with van der Waals surface area (Å²) >= 11 is 0. The third-order valence-corrected chi connectivity index (χ3v) is 6.56. The second kappa shape index (κ2) is 11.0. The Bertz CT molecular complexity index is 1810. The maximum Gasteiger partial charge on any atom is 0.212 e. The van der Waals surface area contributed by atoms with Crippen molar-refractivity contribution in [1.82, 2.24) is 34.9 Å². The van der Waals surface area contributed by atoms with Crippen molar-refractivity contribution in [3.63, 3.8) is 0 Å². The van der Waals surface area contributed by atoms with Gasteiger partial charge in [-0.3, -0.25) is 9.78 Å². The van der Waals surface area contributed by atoms with Crippen LogP contribution in [0.25, 0.3) is 33.4 Å². The average molecular weight is 544 g/mol. The zero-order valence-electron chi connectivity index (χ0n) is 22.0. The Balaban J connectivity index is 1.35. The first kappa shape index (κ1) is 25.2. The van der Waals surface area contributed by atoms with Crippen molar-refractivity contribution in [2.24, 2.45) is 0 Å². The summed E-state index contributed by atoms with van der Waals surface area (Å²) in [5.41, 5.74) is 4.97. The highest BCUT2D eigenvalue weighted by atomic mass is 16.1. The Morgan fingerprint density at radius 2 is 1.49 bits per heavy atom. The molecular weight excluding hydrogens is 518 g/mol. The van der Waals surface area contributed by atoms with Gasteiger partial charge in [0.2, 0.25) is 6.41 Å². The van der Waals surface area contributed by atoms with Crippen molar-refractivity contribution in [2.75, 3.05) is 27.9 Å². The number of nitrogens with one attached hydrogen (secondary N) is 5. The van der Waals surface area contributed by atoms with Crippen molar-refractivity contribution >= 4 is 41.3 Å². The van der Waals surface area contributed by atoms with Gasteiger partial charge in [-0.05, 0) is 42.6 Å². The van der Waals surface area contributed by atoms with E-state index in [1.807, 2.05) is 60.7 Å². The first-order valence-corrected chi connectivity index (χ1v) is 12.6. The van der Waals surface area contributed by atoms with Gasteiger partial charge < -0.3 is 30.8 Å². The zero-order valence-corrected chi connectivity index (χ0v) is 22.0. The van der Waals surface area contributed by atoms with Gasteiger partial charge >= 0.3 is 0 Å². The molecular formula is C29H25N11O. The number of nitrogens with zero attached hydrogens (tertiary/aromatic N) is 6. The van der Waals surface area contributed by atoms with Gasteiger partial charge in [0.15, 0.2) is 0 Å². The first-order chi connectivity index (χ1) is 20.2. The van der Waals surface area contributed by atoms with E-state index in [0.29, 0.717) is 29.7 Å². The van der Waals surface area contributed by atoms with Gasteiger partial charge in [-0.2, -0.15) is 0 Å². The molecule has 2 aliphatic heterocycles. The van der Waals surface area contributed by atoms with E-state index >= 15 is 0 Å². The Hall–Kier alpha value is -6.04. The summed E-state index contributed by atoms with van der Waals surface area (Å²) in [6.07, 6.45) is 14.3. The second-order valence-corrected chi connectivity index (χ2v) is 8.88. The minimum atomic E-state index is 0.457. The van der Waals surface area contributed by atoms with Crippen molar-refractivity contribution < 1.29 is 4.79 Å². The molecule has 0 saturated heterocycles. The SMILES string of the molecule is C=CNc1ncccc1-c1cc[nH]c1Nc1ncnc(N(C)c2[nH]ccc2-c2cccnc2NC=O)c2cncc1-2. The number of anilines is 6. The third-order valence-electron chi connectivity index (χ3n) is 6.56. The minimum Gasteiger partial charge on any atom is -0.348 e. The van der Waals surface area contributed by atoms with Crippen LogP contribution < -0.4 is 20.9 Å². The van der Waals surface area contributed by atoms with E-state index in [1.165, 1.54) is 6.33 Å². The quantitative estimate of drug-likeness (QED) is 0.143. The summed E-state index contributed by atoms with van der Waals surface area (Å²) in [6, 6.07) is 11.5. The van der Waals surface area contributed by atoms with Crippen LogP contribution in [0.3, 0.4) is 0 Å². The molecule has 4 aromatic heterocycles. The van der Waals surface area contributed by atoms with Crippen molar-refractivity contribution in [3.05, 3.63) is 92.7 Å². The molecule has 0 bridgehead atoms. The largest absolute Gasteiger partial charge is 0.348 e. The average Bonchev–Trinajstić information content (AvgIpc) is 3.75. The highest BCUT2D eigenvalue weighted by molar-refractivity contribution is 5.93. The van der Waals surface area contributed by atoms with Crippen LogP contribution in [0.2, 0.25) is 0 Å². The monoisotopic (exact) mass is 543 g/mol. The number of amides is 1. The number of aromatic amines is 2. The molecule has 0 spiro atoms. The zero-order chi connectivity index (χ0) is 28.2. The molecule has 0 aliphatic carbocycles. The van der Waals surface area contributed by atoms with Gasteiger partial charge in [0.05, 0.1) is 0 Å². The number of hydrogen-bond acceptors (Lipinski definition) is 9. The fourth-order valence-electron chi connectivity index (χ4n) is 4.74. The lowest BCUT2D eigenvalue weighted by atomic mass is 10.1. The van der Waals surface area contributed by atoms with Gasteiger partial charge in [-0.1, -0.05) is 6.58 Å². The van der Waals surface area contributed by atoms with E-state index in [0.717, 1.165) is 45.0 Å². The van der Waals surface area contributed by atoms with Crippen molar-refractivity contribution in [3.8, 4) is 33.4 Å². The smallest absolute Gasteiger partial charge is 0.212 e. The maximum absolute atomic E-state index is 11.2. The minimum absolute atomic E-state index is 0.457. The Kier molecular flexibility index (Phi) is 6.76. The summed E-state index contributed by atoms with van der Waals surface area (Å²) in [4.78, 5) is 42.1. The summed E-state index contributed by atoms with van der Waals surface area (Å²) in [5, 5.41) is 9.19. The molecule has 41 heavy (non-hydrogen) atoms. The molecule has 4 aromatic rings. The van der Waals surface area contributed by atoms with E-state index < -0.39 is 0 Å². The van der Waals surface area contributed by atoms with E-state index in [-0.39, 0.29) is 0 Å². The lowest BCUT2D eigenvalue weighted by molar-refractivity contribution is -0.105. The Morgan fingerprint density at radius 1 is 0.780 bits per heavy atom. The van der Waals surface area contributed by atoms with Gasteiger partial charge in [0.25, 0.3) is 0 Å². The fourth-order valence-corrected chi connectivity index (χ4v) is 4.74. The lowest BCUT2D eigenvalue weighted by Gasteiger charge is -2.20. The van der Waals surface area contributed by atoms with Gasteiger partial charge in [0, 0.05) is 77.6 Å². The van der Waals surface area contributed by atoms with Crippen LogP contribution in [0, 0.1) is 0 Å². The predicted molar refractivity (Wildman–Crippen MR) is 159 cm³/mol. The Morgan fingerprint density at radius 3 is 2.27 bits per heavy atom. The van der Waals surface area contributed by atoms with Crippen LogP contribution in [-0.4, -0.2) is 48.3 Å². The lowest BCUT2D eigenvalue weighted by Crippen LogP contribution is -2.13. The van der Waals surface area contributed by atoms with E-state index in [9.17, 15) is 4.79 Å². The van der Waals surface area contributed by atoms with Gasteiger partial charge in [-0.25, -0.2) is 19.9 Å². The molecule has 202 valence electrons. The predicted octanol–water partition coefficient (Wildman–Crippen LogP) is 5.39. The summed E-state index contributed by atoms with van der Waals surface area (Å²) in [5.74, 6) is 3.84. The first-order valence-electron chi connectivity index (χ1n) is 12.6. The highest BCUT2D eigenvalue weighted by Gasteiger charge is 2.23. The van der Waals surface area contributed by atoms with E-state index in [1.54, 1.807) is 31.0 Å². The van der Waals surface area contributed by atoms with Crippen LogP contribution in [0.4, 0.5) is 34.9 Å². The number of aromatic nitrogens is 7. The van der Waals surface area contributed by atoms with Gasteiger partial charge in [0.1, 0.15) is 41.2 Å². The van der Waals surface area contributed by atoms with Crippen LogP contribution in [0.5, 0.6) is 0 Å². The molecule has 6 heterocycles. The molecule has 5 N–H and O–H groups in total. The second-order valence-electron chi connectivity index (χ2n) is 8.88. The van der Waals surface area contributed by atoms with Crippen LogP contribution >= 0.6 is 0 Å². The third kappa shape index (κ3) is 4.69. The van der Waals surface area contributed by atoms with Crippen LogP contribution in [0.1, 0.15) is 0 Å². The number of hydrogen-bond donors (Lipinski definition) is 5. The summed E-state index contributed by atoms with van der Waals surface area (Å²) < 4.78 is 0. The summed E-state index contributed by atoms with van der Waals surface area (Å²) in [7, 11) is 1.90. The molecule has 0 fully saturated rings. The standard InChI is InChI=1S/C29H25N11O/c1-3-31-24-18(6-4-10-32-24)20-8-12-34-26(20)39-27-22-14-30-15-23(22)29(37-16-36-27)40(2)28-21(9-13-35-28)19-7-5-11-33-25(19)38-17-41/h3-17,34-35H,1H2,2H3,(H,31,32)(H,33,38,41)(H,36,37,39). The normalized spacial score (nSPS) is 10.8. The Labute approximate surface area is 235 Å². The summed E-state index contributed by atoms with van der Waals surface area (Å²) in [6.45, 7) is 3.75. The highest BCUT2D eigenvalue weighted by Crippen LogP contribution is 2.41. The number of pyridine rings is 2. The number of carbonyl (C=O) groups excluding carboxylic acids is 1. The molecule has 0 aromatic carbocycles. The number of carbonyl (C=O) groups is 1. The van der Waals surface area contributed by atoms with Crippen LogP contribution in [-0.2, 0) is 4.79 Å². The number of rotatable bonds is 10. The molecule has 12 nitrogen and oxygen atoms in total. The van der Waals surface area contributed by atoms with E-state index in [4.69, 9.17) is 0 Å². The molecule has 1 amide bonds. The molecule has 0 atom stereocenters. The molecule has 0 unspecified atom stereocenters. The molecule has 2 aliphatic rings. The molecule has 6 rings (SSSR count). The van der Waals surface area contributed by atoms with Crippen molar-refractivity contribution in [2.45, 2.75) is 0 Å². The molecule has 0 radical (unpaired) electrons.